The number of halogens is 1. The SMILES string of the molecule is COc1cc2c(cc1CN=C(N(C)C)N(C)C)OC(C)C2.I. The van der Waals surface area contributed by atoms with Gasteiger partial charge in [0.15, 0.2) is 5.96 Å². The Kier molecular flexibility index (Phi) is 6.77. The highest BCUT2D eigenvalue weighted by Crippen LogP contribution is 2.35. The predicted octanol–water partition coefficient (Wildman–Crippen LogP) is 2.62. The Morgan fingerprint density at radius 1 is 1.27 bits per heavy atom. The third kappa shape index (κ3) is 4.18. The maximum Gasteiger partial charge on any atom is 0.195 e. The van der Waals surface area contributed by atoms with Crippen LogP contribution < -0.4 is 9.47 Å². The van der Waals surface area contributed by atoms with E-state index in [2.05, 4.69) is 24.0 Å². The second kappa shape index (κ2) is 7.89. The van der Waals surface area contributed by atoms with Crippen LogP contribution >= 0.6 is 24.0 Å². The summed E-state index contributed by atoms with van der Waals surface area (Å²) in [6, 6.07) is 4.14. The van der Waals surface area contributed by atoms with Crippen LogP contribution in [0, 0.1) is 0 Å². The van der Waals surface area contributed by atoms with E-state index in [1.807, 2.05) is 38.0 Å². The van der Waals surface area contributed by atoms with E-state index in [-0.39, 0.29) is 30.1 Å². The number of nitrogens with zero attached hydrogens (tertiary/aromatic N) is 3. The van der Waals surface area contributed by atoms with Gasteiger partial charge in [0.05, 0.1) is 13.7 Å². The minimum Gasteiger partial charge on any atom is -0.496 e. The van der Waals surface area contributed by atoms with Crippen molar-refractivity contribution in [3.05, 3.63) is 23.3 Å². The minimum absolute atomic E-state index is 0. The first kappa shape index (κ1) is 18.9. The number of rotatable bonds is 3. The zero-order valence-electron chi connectivity index (χ0n) is 14.2. The van der Waals surface area contributed by atoms with Crippen molar-refractivity contribution in [1.29, 1.82) is 0 Å². The molecule has 22 heavy (non-hydrogen) atoms. The van der Waals surface area contributed by atoms with Gasteiger partial charge >= 0.3 is 0 Å². The molecule has 0 saturated carbocycles. The van der Waals surface area contributed by atoms with Crippen LogP contribution in [0.3, 0.4) is 0 Å². The molecule has 0 N–H and O–H groups in total. The lowest BCUT2D eigenvalue weighted by molar-refractivity contribution is 0.254. The van der Waals surface area contributed by atoms with Gasteiger partial charge in [-0.05, 0) is 19.1 Å². The molecule has 0 spiro atoms. The zero-order valence-corrected chi connectivity index (χ0v) is 16.5. The molecule has 0 fully saturated rings. The van der Waals surface area contributed by atoms with E-state index in [0.717, 1.165) is 29.4 Å². The molecule has 1 unspecified atom stereocenters. The van der Waals surface area contributed by atoms with E-state index < -0.39 is 0 Å². The van der Waals surface area contributed by atoms with E-state index in [1.165, 1.54) is 5.56 Å². The monoisotopic (exact) mass is 419 g/mol. The lowest BCUT2D eigenvalue weighted by Crippen LogP contribution is -2.35. The van der Waals surface area contributed by atoms with Crippen LogP contribution in [-0.4, -0.2) is 57.2 Å². The van der Waals surface area contributed by atoms with E-state index in [4.69, 9.17) is 9.47 Å². The molecular formula is C16H26IN3O2. The summed E-state index contributed by atoms with van der Waals surface area (Å²) in [6.07, 6.45) is 1.18. The van der Waals surface area contributed by atoms with Gasteiger partial charge in [-0.15, -0.1) is 24.0 Å². The molecule has 0 aromatic heterocycles. The van der Waals surface area contributed by atoms with Gasteiger partial charge in [-0.25, -0.2) is 4.99 Å². The van der Waals surface area contributed by atoms with Crippen LogP contribution in [0.15, 0.2) is 17.1 Å². The van der Waals surface area contributed by atoms with E-state index in [1.54, 1.807) is 7.11 Å². The van der Waals surface area contributed by atoms with Crippen molar-refractivity contribution in [3.8, 4) is 11.5 Å². The van der Waals surface area contributed by atoms with Gasteiger partial charge in [0.25, 0.3) is 0 Å². The average molecular weight is 419 g/mol. The summed E-state index contributed by atoms with van der Waals surface area (Å²) >= 11 is 0. The molecule has 0 saturated heterocycles. The maximum absolute atomic E-state index is 5.82. The first-order valence-electron chi connectivity index (χ1n) is 7.18. The number of hydrogen-bond acceptors (Lipinski definition) is 3. The number of methoxy groups -OCH3 is 1. The molecule has 1 atom stereocenters. The fourth-order valence-electron chi connectivity index (χ4n) is 2.63. The Morgan fingerprint density at radius 2 is 1.91 bits per heavy atom. The van der Waals surface area contributed by atoms with Gasteiger partial charge in [-0.3, -0.25) is 0 Å². The van der Waals surface area contributed by atoms with Crippen molar-refractivity contribution >= 4 is 29.9 Å². The normalized spacial score (nSPS) is 15.3. The molecule has 0 bridgehead atoms. The highest BCUT2D eigenvalue weighted by Gasteiger charge is 2.21. The molecule has 1 aliphatic rings. The minimum atomic E-state index is 0. The molecule has 124 valence electrons. The quantitative estimate of drug-likeness (QED) is 0.429. The van der Waals surface area contributed by atoms with Crippen LogP contribution in [0.4, 0.5) is 0 Å². The van der Waals surface area contributed by atoms with Crippen LogP contribution in [0.2, 0.25) is 0 Å². The second-order valence-corrected chi connectivity index (χ2v) is 5.81. The summed E-state index contributed by atoms with van der Waals surface area (Å²) in [6.45, 7) is 2.65. The average Bonchev–Trinajstić information content (AvgIpc) is 2.76. The highest BCUT2D eigenvalue weighted by molar-refractivity contribution is 14.0. The fraction of sp³-hybridized carbons (Fsp3) is 0.562. The highest BCUT2D eigenvalue weighted by atomic mass is 127. The maximum atomic E-state index is 5.82. The van der Waals surface area contributed by atoms with Gasteiger partial charge in [-0.2, -0.15) is 0 Å². The first-order chi connectivity index (χ1) is 9.92. The van der Waals surface area contributed by atoms with Gasteiger partial charge < -0.3 is 19.3 Å². The fourth-order valence-corrected chi connectivity index (χ4v) is 2.63. The van der Waals surface area contributed by atoms with Crippen LogP contribution in [0.5, 0.6) is 11.5 Å². The first-order valence-corrected chi connectivity index (χ1v) is 7.18. The summed E-state index contributed by atoms with van der Waals surface area (Å²) in [4.78, 5) is 8.68. The van der Waals surface area contributed by atoms with E-state index in [9.17, 15) is 0 Å². The van der Waals surface area contributed by atoms with Crippen LogP contribution in [-0.2, 0) is 13.0 Å². The molecule has 5 nitrogen and oxygen atoms in total. The van der Waals surface area contributed by atoms with E-state index in [0.29, 0.717) is 6.54 Å². The summed E-state index contributed by atoms with van der Waals surface area (Å²) in [5, 5.41) is 0. The lowest BCUT2D eigenvalue weighted by atomic mass is 10.1. The Hall–Kier alpha value is -1.18. The topological polar surface area (TPSA) is 37.3 Å². The zero-order chi connectivity index (χ0) is 15.6. The molecule has 0 radical (unpaired) electrons. The van der Waals surface area contributed by atoms with Gasteiger partial charge in [0, 0.05) is 45.7 Å². The van der Waals surface area contributed by atoms with Crippen molar-refractivity contribution in [2.75, 3.05) is 35.3 Å². The Bertz CT molecular complexity index is 534. The number of guanidine groups is 1. The van der Waals surface area contributed by atoms with Crippen LogP contribution in [0.25, 0.3) is 0 Å². The third-order valence-electron chi connectivity index (χ3n) is 3.49. The molecule has 6 heteroatoms. The smallest absolute Gasteiger partial charge is 0.195 e. The second-order valence-electron chi connectivity index (χ2n) is 5.81. The lowest BCUT2D eigenvalue weighted by Gasteiger charge is -2.22. The number of fused-ring (bicyclic) bond motifs is 1. The van der Waals surface area contributed by atoms with Crippen molar-refractivity contribution in [2.45, 2.75) is 26.0 Å². The summed E-state index contributed by atoms with van der Waals surface area (Å²) < 4.78 is 11.3. The molecule has 1 heterocycles. The van der Waals surface area contributed by atoms with Gasteiger partial charge in [0.1, 0.15) is 17.6 Å². The van der Waals surface area contributed by atoms with Crippen LogP contribution in [0.1, 0.15) is 18.1 Å². The van der Waals surface area contributed by atoms with E-state index >= 15 is 0 Å². The largest absolute Gasteiger partial charge is 0.496 e. The molecule has 0 amide bonds. The Balaban J connectivity index is 0.00000242. The number of benzene rings is 1. The molecule has 1 aliphatic heterocycles. The molecule has 0 aliphatic carbocycles. The number of ether oxygens (including phenoxy) is 2. The summed E-state index contributed by atoms with van der Waals surface area (Å²) in [5.41, 5.74) is 2.26. The molecule has 2 rings (SSSR count). The standard InChI is InChI=1S/C16H25N3O2.HI/c1-11-7-12-8-14(20-6)13(9-15(12)21-11)10-17-16(18(2)3)19(4)5;/h8-9,11H,7,10H2,1-6H3;1H. The van der Waals surface area contributed by atoms with Crippen molar-refractivity contribution < 1.29 is 9.47 Å². The summed E-state index contributed by atoms with van der Waals surface area (Å²) in [7, 11) is 9.66. The molecule has 1 aromatic rings. The van der Waals surface area contributed by atoms with Crippen molar-refractivity contribution in [3.63, 3.8) is 0 Å². The number of aliphatic imine (C=N–C) groups is 1. The summed E-state index contributed by atoms with van der Waals surface area (Å²) in [5.74, 6) is 2.77. The van der Waals surface area contributed by atoms with Crippen molar-refractivity contribution in [2.24, 2.45) is 4.99 Å². The third-order valence-corrected chi connectivity index (χ3v) is 3.49. The predicted molar refractivity (Wildman–Crippen MR) is 101 cm³/mol. The number of hydrogen-bond donors (Lipinski definition) is 0. The molecule has 1 aromatic carbocycles. The molecular weight excluding hydrogens is 393 g/mol. The Morgan fingerprint density at radius 3 is 2.45 bits per heavy atom. The van der Waals surface area contributed by atoms with Gasteiger partial charge in [-0.1, -0.05) is 0 Å². The Labute approximate surface area is 150 Å². The van der Waals surface area contributed by atoms with Crippen molar-refractivity contribution in [1.82, 2.24) is 9.80 Å². The van der Waals surface area contributed by atoms with Gasteiger partial charge in [0.2, 0.25) is 0 Å².